The molecular formula is C40H50N6O9S. The zero-order valence-electron chi connectivity index (χ0n) is 32.7. The predicted octanol–water partition coefficient (Wildman–Crippen LogP) is 5.06. The van der Waals surface area contributed by atoms with Crippen molar-refractivity contribution < 1.29 is 41.8 Å². The number of pyridine rings is 1. The van der Waals surface area contributed by atoms with E-state index < -0.39 is 74.0 Å². The summed E-state index contributed by atoms with van der Waals surface area (Å²) in [5.41, 5.74) is 1.17. The average molecular weight is 791 g/mol. The normalized spacial score (nSPS) is 22.1. The first kappa shape index (κ1) is 40.3. The molecule has 3 aromatic rings. The van der Waals surface area contributed by atoms with E-state index in [2.05, 4.69) is 22.0 Å². The zero-order valence-corrected chi connectivity index (χ0v) is 33.6. The number of benzene rings is 2. The number of carbonyl (C=O) groups excluding carboxylic acids is 4. The fourth-order valence-electron chi connectivity index (χ4n) is 6.72. The third kappa shape index (κ3) is 8.69. The summed E-state index contributed by atoms with van der Waals surface area (Å²) in [6.45, 7) is 13.9. The van der Waals surface area contributed by atoms with Gasteiger partial charge in [0.05, 0.1) is 35.7 Å². The summed E-state index contributed by atoms with van der Waals surface area (Å²) in [5.74, 6) is -1.06. The second-order valence-corrected chi connectivity index (χ2v) is 18.4. The van der Waals surface area contributed by atoms with Gasteiger partial charge in [0.25, 0.3) is 5.91 Å². The molecule has 1 saturated heterocycles. The number of sulfonamides is 1. The van der Waals surface area contributed by atoms with Crippen molar-refractivity contribution in [3.05, 3.63) is 67.3 Å². The second kappa shape index (κ2) is 14.9. The molecule has 3 N–H and O–H groups in total. The van der Waals surface area contributed by atoms with E-state index in [9.17, 15) is 27.6 Å². The van der Waals surface area contributed by atoms with Crippen molar-refractivity contribution in [2.75, 3.05) is 13.7 Å². The maximum absolute atomic E-state index is 14.6. The number of nitrogens with zero attached hydrogens (tertiary/aromatic N) is 3. The smallest absolute Gasteiger partial charge is 0.426 e. The predicted molar refractivity (Wildman–Crippen MR) is 209 cm³/mol. The Bertz CT molecular complexity index is 2150. The van der Waals surface area contributed by atoms with Gasteiger partial charge in [0, 0.05) is 35.4 Å². The molecule has 56 heavy (non-hydrogen) atoms. The molecule has 0 bridgehead atoms. The lowest BCUT2D eigenvalue weighted by Crippen LogP contribution is -2.63. The van der Waals surface area contributed by atoms with E-state index >= 15 is 0 Å². The summed E-state index contributed by atoms with van der Waals surface area (Å²) < 4.78 is 45.3. The number of fused-ring (bicyclic) bond motifs is 1. The Labute approximate surface area is 327 Å². The minimum Gasteiger partial charge on any atom is -0.497 e. The topological polar surface area (TPSA) is 186 Å². The van der Waals surface area contributed by atoms with Crippen molar-refractivity contribution in [1.29, 1.82) is 0 Å². The van der Waals surface area contributed by atoms with E-state index in [1.807, 2.05) is 36.4 Å². The number of aromatic nitrogens is 1. The van der Waals surface area contributed by atoms with Crippen LogP contribution in [0, 0.1) is 5.92 Å². The molecule has 15 nitrogen and oxygen atoms in total. The number of nitrogens with one attached hydrogen (secondary N) is 3. The minimum absolute atomic E-state index is 0.0144. The summed E-state index contributed by atoms with van der Waals surface area (Å²) in [7, 11) is -2.36. The van der Waals surface area contributed by atoms with E-state index in [-0.39, 0.29) is 19.4 Å². The van der Waals surface area contributed by atoms with Crippen LogP contribution < -0.4 is 24.9 Å². The number of carbonyl (C=O) groups is 4. The van der Waals surface area contributed by atoms with Crippen LogP contribution in [0.4, 0.5) is 9.59 Å². The first-order valence-electron chi connectivity index (χ1n) is 18.6. The van der Waals surface area contributed by atoms with Crippen molar-refractivity contribution in [1.82, 2.24) is 30.4 Å². The van der Waals surface area contributed by atoms with Crippen LogP contribution in [-0.2, 0) is 24.3 Å². The Morgan fingerprint density at radius 3 is 2.30 bits per heavy atom. The lowest BCUT2D eigenvalue weighted by atomic mass is 10.1. The number of likely N-dealkylation sites (tertiary alicyclic amines) is 1. The summed E-state index contributed by atoms with van der Waals surface area (Å²) in [4.78, 5) is 61.7. The third-order valence-corrected chi connectivity index (χ3v) is 11.7. The Morgan fingerprint density at radius 1 is 1.02 bits per heavy atom. The SMILES string of the molecule is C=C[C@@H]1CC1(NC(=O)[C@@H]1CC(Oc2cc(-c3ccccc3)nc3cc(OC)ccc23)CN1C(=O)N(NC(=O)OC(C)(C)C)C(C)(C)C)C(=O)NS(=O)(=O)C1CC1. The van der Waals surface area contributed by atoms with E-state index in [1.165, 1.54) is 11.0 Å². The molecule has 2 unspecified atom stereocenters. The van der Waals surface area contributed by atoms with Crippen LogP contribution in [0.2, 0.25) is 0 Å². The molecular weight excluding hydrogens is 741 g/mol. The zero-order chi connectivity index (χ0) is 40.8. The van der Waals surface area contributed by atoms with Crippen LogP contribution in [0.15, 0.2) is 67.3 Å². The highest BCUT2D eigenvalue weighted by atomic mass is 32.2. The maximum atomic E-state index is 14.6. The first-order valence-corrected chi connectivity index (χ1v) is 20.1. The number of rotatable bonds is 10. The lowest BCUT2D eigenvalue weighted by Gasteiger charge is -2.39. The molecule has 2 aliphatic carbocycles. The van der Waals surface area contributed by atoms with E-state index in [1.54, 1.807) is 66.9 Å². The Hall–Kier alpha value is -5.38. The average Bonchev–Trinajstić information content (AvgIpc) is 4.06. The lowest BCUT2D eigenvalue weighted by molar-refractivity contribution is -0.131. The molecule has 5 amide bonds. The molecule has 1 aliphatic heterocycles. The van der Waals surface area contributed by atoms with Gasteiger partial charge in [-0.3, -0.25) is 14.3 Å². The maximum Gasteiger partial charge on any atom is 0.426 e. The van der Waals surface area contributed by atoms with Crippen molar-refractivity contribution in [3.63, 3.8) is 0 Å². The van der Waals surface area contributed by atoms with Crippen LogP contribution in [0.25, 0.3) is 22.2 Å². The highest BCUT2D eigenvalue weighted by Crippen LogP contribution is 2.46. The van der Waals surface area contributed by atoms with Crippen molar-refractivity contribution in [3.8, 4) is 22.8 Å². The number of hydrogen-bond donors (Lipinski definition) is 3. The largest absolute Gasteiger partial charge is 0.497 e. The summed E-state index contributed by atoms with van der Waals surface area (Å²) >= 11 is 0. The van der Waals surface area contributed by atoms with Gasteiger partial charge >= 0.3 is 12.1 Å². The van der Waals surface area contributed by atoms with Crippen LogP contribution >= 0.6 is 0 Å². The molecule has 3 fully saturated rings. The fourth-order valence-corrected chi connectivity index (χ4v) is 8.09. The van der Waals surface area contributed by atoms with Gasteiger partial charge in [-0.2, -0.15) is 0 Å². The Balaban J connectivity index is 1.34. The third-order valence-electron chi connectivity index (χ3n) is 9.87. The van der Waals surface area contributed by atoms with Crippen LogP contribution in [-0.4, -0.2) is 95.0 Å². The monoisotopic (exact) mass is 790 g/mol. The molecule has 2 heterocycles. The highest BCUT2D eigenvalue weighted by molar-refractivity contribution is 7.91. The standard InChI is InChI=1S/C40H50N6O9S/c1-9-25-22-40(25,35(48)44-56(51,52)28-16-17-28)42-34(47)32-20-27(23-45(32)37(50)46(38(2,3)4)43-36(49)55-39(5,6)7)54-33-21-30(24-13-11-10-12-14-24)41-31-19-26(53-8)15-18-29(31)33/h9-15,18-19,21,25,27-28,32H,1,16-17,20,22-23H2,2-8H3,(H,42,47)(H,43,49)(H,44,48)/t25-,27?,32+,40?/m1/s1. The van der Waals surface area contributed by atoms with Gasteiger partial charge in [0.2, 0.25) is 15.9 Å². The van der Waals surface area contributed by atoms with E-state index in [4.69, 9.17) is 19.2 Å². The van der Waals surface area contributed by atoms with Crippen molar-refractivity contribution >= 4 is 44.9 Å². The number of methoxy groups -OCH3 is 1. The first-order chi connectivity index (χ1) is 26.2. The van der Waals surface area contributed by atoms with E-state index in [0.717, 1.165) is 10.6 Å². The Morgan fingerprint density at radius 2 is 1.71 bits per heavy atom. The molecule has 0 spiro atoms. The molecule has 6 rings (SSSR count). The van der Waals surface area contributed by atoms with Gasteiger partial charge in [-0.15, -0.1) is 6.58 Å². The van der Waals surface area contributed by atoms with Crippen molar-refractivity contribution in [2.24, 2.45) is 5.92 Å². The van der Waals surface area contributed by atoms with E-state index in [0.29, 0.717) is 40.9 Å². The van der Waals surface area contributed by atoms with Gasteiger partial charge in [0.15, 0.2) is 0 Å². The van der Waals surface area contributed by atoms with Gasteiger partial charge in [0.1, 0.15) is 34.8 Å². The van der Waals surface area contributed by atoms with Gasteiger partial charge in [-0.05, 0) is 72.9 Å². The van der Waals surface area contributed by atoms with Gasteiger partial charge in [-0.25, -0.2) is 33.4 Å². The molecule has 0 radical (unpaired) electrons. The molecule has 3 aliphatic rings. The summed E-state index contributed by atoms with van der Waals surface area (Å²) in [5, 5.41) is 3.90. The van der Waals surface area contributed by atoms with Crippen LogP contribution in [0.1, 0.15) is 67.2 Å². The van der Waals surface area contributed by atoms with Crippen molar-refractivity contribution in [2.45, 2.75) is 101 Å². The second-order valence-electron chi connectivity index (χ2n) is 16.5. The van der Waals surface area contributed by atoms with Gasteiger partial charge < -0.3 is 24.4 Å². The number of ether oxygens (including phenoxy) is 3. The molecule has 4 atom stereocenters. The van der Waals surface area contributed by atoms with Gasteiger partial charge in [-0.1, -0.05) is 36.4 Å². The highest BCUT2D eigenvalue weighted by Gasteiger charge is 2.62. The number of hydrazine groups is 1. The summed E-state index contributed by atoms with van der Waals surface area (Å²) in [6.07, 6.45) is 0.860. The Kier molecular flexibility index (Phi) is 10.7. The summed E-state index contributed by atoms with van der Waals surface area (Å²) in [6, 6.07) is 14.8. The van der Waals surface area contributed by atoms with Crippen LogP contribution in [0.5, 0.6) is 11.5 Å². The molecule has 2 aromatic carbocycles. The quantitative estimate of drug-likeness (QED) is 0.185. The number of hydrogen-bond acceptors (Lipinski definition) is 10. The van der Waals surface area contributed by atoms with Crippen LogP contribution in [0.3, 0.4) is 0 Å². The molecule has 300 valence electrons. The molecule has 16 heteroatoms. The molecule has 2 saturated carbocycles. The number of urea groups is 1. The minimum atomic E-state index is -3.92. The molecule has 1 aromatic heterocycles. The fraction of sp³-hybridized carbons (Fsp3) is 0.475. The number of amides is 5.